The van der Waals surface area contributed by atoms with Crippen molar-refractivity contribution in [1.82, 2.24) is 10.2 Å². The molecule has 2 atom stereocenters. The van der Waals surface area contributed by atoms with Gasteiger partial charge in [-0.15, -0.1) is 0 Å². The maximum atomic E-state index is 13.6. The molecule has 2 unspecified atom stereocenters. The van der Waals surface area contributed by atoms with Crippen LogP contribution in [0.2, 0.25) is 0 Å². The lowest BCUT2D eigenvalue weighted by atomic mass is 10.1. The number of rotatable bonds is 3. The summed E-state index contributed by atoms with van der Waals surface area (Å²) < 4.78 is 26.7. The van der Waals surface area contributed by atoms with Gasteiger partial charge in [-0.1, -0.05) is 12.1 Å². The Balaban J connectivity index is 2.04. The normalized spacial score (nSPS) is 22.9. The number of hydrogen-bond donors (Lipinski definition) is 1. The largest absolute Gasteiger partial charge is 0.306 e. The number of likely N-dealkylation sites (tertiary alicyclic amines) is 1. The molecule has 4 heteroatoms. The Bertz CT molecular complexity index is 395. The average molecular weight is 240 g/mol. The molecule has 1 aliphatic heterocycles. The molecule has 0 spiro atoms. The van der Waals surface area contributed by atoms with Crippen LogP contribution in [0.3, 0.4) is 0 Å². The van der Waals surface area contributed by atoms with Crippen molar-refractivity contribution in [2.75, 3.05) is 20.1 Å². The highest BCUT2D eigenvalue weighted by molar-refractivity contribution is 5.22. The van der Waals surface area contributed by atoms with Crippen LogP contribution in [0.1, 0.15) is 24.9 Å². The van der Waals surface area contributed by atoms with Crippen molar-refractivity contribution >= 4 is 0 Å². The second-order valence-electron chi connectivity index (χ2n) is 4.78. The lowest BCUT2D eigenvalue weighted by molar-refractivity contribution is 0.382. The summed E-state index contributed by atoms with van der Waals surface area (Å²) in [5.41, 5.74) is 0.402. The number of likely N-dealkylation sites (N-methyl/N-ethyl adjacent to an activating group) is 1. The number of hydrogen-bond acceptors (Lipinski definition) is 2. The summed E-state index contributed by atoms with van der Waals surface area (Å²) in [6.07, 6.45) is 1.05. The van der Waals surface area contributed by atoms with Gasteiger partial charge >= 0.3 is 0 Å². The van der Waals surface area contributed by atoms with Gasteiger partial charge in [-0.25, -0.2) is 8.78 Å². The van der Waals surface area contributed by atoms with Crippen molar-refractivity contribution in [2.45, 2.75) is 25.4 Å². The second-order valence-corrected chi connectivity index (χ2v) is 4.78. The van der Waals surface area contributed by atoms with Crippen LogP contribution in [0, 0.1) is 11.6 Å². The zero-order valence-electron chi connectivity index (χ0n) is 10.2. The maximum Gasteiger partial charge on any atom is 0.163 e. The molecule has 1 saturated heterocycles. The molecule has 0 bridgehead atoms. The van der Waals surface area contributed by atoms with Crippen LogP contribution < -0.4 is 5.32 Å². The highest BCUT2D eigenvalue weighted by atomic mass is 19.2. The molecular weight excluding hydrogens is 222 g/mol. The molecule has 1 aromatic carbocycles. The zero-order valence-corrected chi connectivity index (χ0v) is 10.2. The molecule has 17 heavy (non-hydrogen) atoms. The predicted octanol–water partition coefficient (Wildman–Crippen LogP) is 2.32. The molecule has 0 aromatic heterocycles. The Morgan fingerprint density at radius 1 is 1.41 bits per heavy atom. The summed E-state index contributed by atoms with van der Waals surface area (Å²) in [4.78, 5) is 2.23. The van der Waals surface area contributed by atoms with E-state index >= 15 is 0 Å². The molecule has 2 rings (SSSR count). The van der Waals surface area contributed by atoms with Crippen LogP contribution in [0.15, 0.2) is 18.2 Å². The minimum absolute atomic E-state index is 0.165. The lowest BCUT2D eigenvalue weighted by Gasteiger charge is -2.20. The highest BCUT2D eigenvalue weighted by Crippen LogP contribution is 2.20. The summed E-state index contributed by atoms with van der Waals surface area (Å²) in [6, 6.07) is 4.52. The van der Waals surface area contributed by atoms with E-state index in [-0.39, 0.29) is 6.04 Å². The molecular formula is C13H18F2N2. The van der Waals surface area contributed by atoms with Crippen LogP contribution in [0.25, 0.3) is 0 Å². The number of nitrogens with zero attached hydrogens (tertiary/aromatic N) is 1. The van der Waals surface area contributed by atoms with Gasteiger partial charge in [0.2, 0.25) is 0 Å². The third-order valence-corrected chi connectivity index (χ3v) is 3.33. The quantitative estimate of drug-likeness (QED) is 0.872. The fourth-order valence-corrected chi connectivity index (χ4v) is 2.37. The molecule has 94 valence electrons. The topological polar surface area (TPSA) is 15.3 Å². The van der Waals surface area contributed by atoms with E-state index in [1.807, 2.05) is 6.92 Å². The van der Waals surface area contributed by atoms with Crippen molar-refractivity contribution in [2.24, 2.45) is 0 Å². The average Bonchev–Trinajstić information content (AvgIpc) is 2.68. The zero-order chi connectivity index (χ0) is 12.4. The van der Waals surface area contributed by atoms with Gasteiger partial charge in [-0.05, 0) is 33.0 Å². The van der Waals surface area contributed by atoms with Crippen LogP contribution >= 0.6 is 0 Å². The molecule has 0 radical (unpaired) electrons. The standard InChI is InChI=1S/C13H18F2N2/c1-9(16-10-6-7-17(2)8-10)11-4-3-5-12(14)13(11)15/h3-5,9-10,16H,6-8H2,1-2H3. The van der Waals surface area contributed by atoms with Gasteiger partial charge in [0.15, 0.2) is 11.6 Å². The van der Waals surface area contributed by atoms with Gasteiger partial charge in [0.1, 0.15) is 0 Å². The van der Waals surface area contributed by atoms with E-state index in [0.29, 0.717) is 11.6 Å². The molecule has 2 nitrogen and oxygen atoms in total. The smallest absolute Gasteiger partial charge is 0.163 e. The molecule has 0 amide bonds. The van der Waals surface area contributed by atoms with Gasteiger partial charge in [0.25, 0.3) is 0 Å². The van der Waals surface area contributed by atoms with Gasteiger partial charge in [0, 0.05) is 24.2 Å². The molecule has 1 aliphatic rings. The van der Waals surface area contributed by atoms with Crippen LogP contribution in [-0.4, -0.2) is 31.1 Å². The van der Waals surface area contributed by atoms with Crippen LogP contribution in [-0.2, 0) is 0 Å². The Hall–Kier alpha value is -1.00. The summed E-state index contributed by atoms with van der Waals surface area (Å²) in [7, 11) is 2.06. The van der Waals surface area contributed by atoms with E-state index in [1.165, 1.54) is 0 Å². The van der Waals surface area contributed by atoms with E-state index in [9.17, 15) is 8.78 Å². The fraction of sp³-hybridized carbons (Fsp3) is 0.538. The van der Waals surface area contributed by atoms with Crippen molar-refractivity contribution in [3.8, 4) is 0 Å². The summed E-state index contributed by atoms with van der Waals surface area (Å²) in [6.45, 7) is 3.88. The van der Waals surface area contributed by atoms with Gasteiger partial charge in [-0.2, -0.15) is 0 Å². The first kappa shape index (κ1) is 12.5. The fourth-order valence-electron chi connectivity index (χ4n) is 2.37. The maximum absolute atomic E-state index is 13.6. The Kier molecular flexibility index (Phi) is 3.74. The van der Waals surface area contributed by atoms with Crippen molar-refractivity contribution in [3.05, 3.63) is 35.4 Å². The van der Waals surface area contributed by atoms with E-state index in [4.69, 9.17) is 0 Å². The van der Waals surface area contributed by atoms with Crippen molar-refractivity contribution in [1.29, 1.82) is 0 Å². The molecule has 1 fully saturated rings. The highest BCUT2D eigenvalue weighted by Gasteiger charge is 2.22. The predicted molar refractivity (Wildman–Crippen MR) is 63.8 cm³/mol. The third kappa shape index (κ3) is 2.82. The number of halogens is 2. The monoisotopic (exact) mass is 240 g/mol. The summed E-state index contributed by atoms with van der Waals surface area (Å²) >= 11 is 0. The van der Waals surface area contributed by atoms with E-state index in [1.54, 1.807) is 12.1 Å². The van der Waals surface area contributed by atoms with Crippen LogP contribution in [0.4, 0.5) is 8.78 Å². The Morgan fingerprint density at radius 2 is 2.18 bits per heavy atom. The molecule has 1 N–H and O–H groups in total. The first-order valence-electron chi connectivity index (χ1n) is 5.96. The molecule has 0 aliphatic carbocycles. The van der Waals surface area contributed by atoms with E-state index in [0.717, 1.165) is 25.6 Å². The van der Waals surface area contributed by atoms with Crippen molar-refractivity contribution < 1.29 is 8.78 Å². The first-order valence-corrected chi connectivity index (χ1v) is 5.96. The third-order valence-electron chi connectivity index (χ3n) is 3.33. The van der Waals surface area contributed by atoms with Gasteiger partial charge < -0.3 is 10.2 Å². The van der Waals surface area contributed by atoms with Crippen LogP contribution in [0.5, 0.6) is 0 Å². The number of benzene rings is 1. The van der Waals surface area contributed by atoms with E-state index in [2.05, 4.69) is 17.3 Å². The van der Waals surface area contributed by atoms with E-state index < -0.39 is 11.6 Å². The van der Waals surface area contributed by atoms with Gasteiger partial charge in [-0.3, -0.25) is 0 Å². The number of nitrogens with one attached hydrogen (secondary N) is 1. The minimum Gasteiger partial charge on any atom is -0.306 e. The van der Waals surface area contributed by atoms with Crippen molar-refractivity contribution in [3.63, 3.8) is 0 Å². The first-order chi connectivity index (χ1) is 8.08. The Labute approximate surface area is 101 Å². The molecule has 1 aromatic rings. The molecule has 1 heterocycles. The summed E-state index contributed by atoms with van der Waals surface area (Å²) in [5.74, 6) is -1.52. The lowest BCUT2D eigenvalue weighted by Crippen LogP contribution is -2.34. The summed E-state index contributed by atoms with van der Waals surface area (Å²) in [5, 5.41) is 3.35. The Morgan fingerprint density at radius 3 is 2.82 bits per heavy atom. The molecule has 0 saturated carbocycles. The minimum atomic E-state index is -0.778. The van der Waals surface area contributed by atoms with Gasteiger partial charge in [0.05, 0.1) is 0 Å². The SMILES string of the molecule is CC(NC1CCN(C)C1)c1cccc(F)c1F. The second kappa shape index (κ2) is 5.10.